The lowest BCUT2D eigenvalue weighted by atomic mass is 10.1. The van der Waals surface area contributed by atoms with Crippen LogP contribution in [0.3, 0.4) is 0 Å². The summed E-state index contributed by atoms with van der Waals surface area (Å²) in [6.07, 6.45) is 0.801. The topological polar surface area (TPSA) is 30.0 Å². The van der Waals surface area contributed by atoms with Gasteiger partial charge in [-0.05, 0) is 31.2 Å². The van der Waals surface area contributed by atoms with E-state index in [0.29, 0.717) is 10.6 Å². The smallest absolute Gasteiger partial charge is 0.150 e. The number of rotatable bonds is 1. The summed E-state index contributed by atoms with van der Waals surface area (Å²) in [7, 11) is 0. The van der Waals surface area contributed by atoms with Gasteiger partial charge in [-0.25, -0.2) is 0 Å². The molecule has 0 saturated heterocycles. The first kappa shape index (κ1) is 9.16. The fourth-order valence-corrected chi connectivity index (χ4v) is 1.71. The van der Waals surface area contributed by atoms with E-state index < -0.39 is 0 Å². The Morgan fingerprint density at radius 1 is 1.36 bits per heavy atom. The highest BCUT2D eigenvalue weighted by molar-refractivity contribution is 6.35. The number of nitrogens with zero attached hydrogens (tertiary/aromatic N) is 1. The van der Waals surface area contributed by atoms with E-state index in [-0.39, 0.29) is 0 Å². The average molecular weight is 206 g/mol. The molecule has 0 fully saturated rings. The first-order valence-corrected chi connectivity index (χ1v) is 4.60. The number of aldehydes is 1. The van der Waals surface area contributed by atoms with Crippen molar-refractivity contribution >= 4 is 28.8 Å². The number of carbonyl (C=O) groups excluding carboxylic acids is 1. The zero-order valence-corrected chi connectivity index (χ0v) is 8.38. The predicted octanol–water partition coefficient (Wildman–Crippen LogP) is 3.01. The summed E-state index contributed by atoms with van der Waals surface area (Å²) < 4.78 is 0. The molecule has 0 saturated carbocycles. The molecule has 0 unspecified atom stereocenters. The van der Waals surface area contributed by atoms with Gasteiger partial charge in [-0.15, -0.1) is 0 Å². The average Bonchev–Trinajstić information content (AvgIpc) is 2.17. The third-order valence-electron chi connectivity index (χ3n) is 2.05. The molecule has 1 aromatic carbocycles. The van der Waals surface area contributed by atoms with Gasteiger partial charge in [0, 0.05) is 16.6 Å². The number of benzene rings is 1. The quantitative estimate of drug-likeness (QED) is 0.670. The number of halogens is 1. The summed E-state index contributed by atoms with van der Waals surface area (Å²) in [4.78, 5) is 14.9. The van der Waals surface area contributed by atoms with Crippen LogP contribution in [-0.4, -0.2) is 11.3 Å². The Balaban J connectivity index is 2.81. The Kier molecular flexibility index (Phi) is 2.22. The normalized spacial score (nSPS) is 10.4. The van der Waals surface area contributed by atoms with Crippen LogP contribution in [0, 0.1) is 6.92 Å². The molecule has 0 bridgehead atoms. The third-order valence-corrected chi connectivity index (χ3v) is 2.36. The molecular formula is C11H8ClNO. The minimum atomic E-state index is 0.616. The summed E-state index contributed by atoms with van der Waals surface area (Å²) in [5, 5.41) is 1.46. The highest BCUT2D eigenvalue weighted by atomic mass is 35.5. The highest BCUT2D eigenvalue weighted by Crippen LogP contribution is 2.23. The molecule has 0 N–H and O–H groups in total. The van der Waals surface area contributed by atoms with Crippen LogP contribution in [0.5, 0.6) is 0 Å². The molecule has 70 valence electrons. The van der Waals surface area contributed by atoms with Crippen LogP contribution >= 0.6 is 11.6 Å². The fourth-order valence-electron chi connectivity index (χ4n) is 1.40. The van der Waals surface area contributed by atoms with E-state index >= 15 is 0 Å². The SMILES string of the molecule is Cc1cc(Cl)c2cc(C=O)ccc2n1. The van der Waals surface area contributed by atoms with Gasteiger partial charge in [0.1, 0.15) is 6.29 Å². The maximum atomic E-state index is 10.6. The van der Waals surface area contributed by atoms with E-state index in [2.05, 4.69) is 4.98 Å². The molecule has 1 heterocycles. The van der Waals surface area contributed by atoms with Crippen molar-refractivity contribution in [2.75, 3.05) is 0 Å². The van der Waals surface area contributed by atoms with Gasteiger partial charge in [0.2, 0.25) is 0 Å². The second-order valence-corrected chi connectivity index (χ2v) is 3.55. The Morgan fingerprint density at radius 2 is 2.14 bits per heavy atom. The molecule has 0 aliphatic rings. The van der Waals surface area contributed by atoms with Crippen LogP contribution < -0.4 is 0 Å². The van der Waals surface area contributed by atoms with Crippen molar-refractivity contribution in [2.45, 2.75) is 6.92 Å². The molecule has 0 amide bonds. The summed E-state index contributed by atoms with van der Waals surface area (Å²) in [6.45, 7) is 1.89. The second kappa shape index (κ2) is 3.39. The van der Waals surface area contributed by atoms with Crippen LogP contribution in [0.25, 0.3) is 10.9 Å². The summed E-state index contributed by atoms with van der Waals surface area (Å²) in [5.74, 6) is 0. The van der Waals surface area contributed by atoms with Crippen molar-refractivity contribution in [1.82, 2.24) is 4.98 Å². The fraction of sp³-hybridized carbons (Fsp3) is 0.0909. The van der Waals surface area contributed by atoms with E-state index in [9.17, 15) is 4.79 Å². The molecule has 0 radical (unpaired) electrons. The molecule has 1 aromatic heterocycles. The number of carbonyl (C=O) groups is 1. The molecule has 2 rings (SSSR count). The molecule has 2 nitrogen and oxygen atoms in total. The van der Waals surface area contributed by atoms with Crippen LogP contribution in [0.4, 0.5) is 0 Å². The van der Waals surface area contributed by atoms with E-state index in [1.54, 1.807) is 24.3 Å². The molecular weight excluding hydrogens is 198 g/mol. The Bertz CT molecular complexity index is 508. The number of hydrogen-bond donors (Lipinski definition) is 0. The zero-order chi connectivity index (χ0) is 10.1. The lowest BCUT2D eigenvalue weighted by Gasteiger charge is -2.02. The van der Waals surface area contributed by atoms with Gasteiger partial charge in [0.15, 0.2) is 0 Å². The first-order chi connectivity index (χ1) is 6.70. The van der Waals surface area contributed by atoms with Crippen LogP contribution in [0.1, 0.15) is 16.1 Å². The van der Waals surface area contributed by atoms with Gasteiger partial charge in [-0.2, -0.15) is 0 Å². The van der Waals surface area contributed by atoms with Crippen molar-refractivity contribution in [1.29, 1.82) is 0 Å². The number of aromatic nitrogens is 1. The summed E-state index contributed by atoms with van der Waals surface area (Å²) in [6, 6.07) is 7.08. The van der Waals surface area contributed by atoms with E-state index in [0.717, 1.165) is 22.9 Å². The first-order valence-electron chi connectivity index (χ1n) is 4.23. The third kappa shape index (κ3) is 1.49. The molecule has 2 aromatic rings. The molecule has 0 aliphatic carbocycles. The minimum Gasteiger partial charge on any atom is -0.298 e. The number of aryl methyl sites for hydroxylation is 1. The standard InChI is InChI=1S/C11H8ClNO/c1-7-4-10(12)9-5-8(6-14)2-3-11(9)13-7/h2-6H,1H3. The Hall–Kier alpha value is -1.41. The summed E-state index contributed by atoms with van der Waals surface area (Å²) in [5.41, 5.74) is 2.31. The van der Waals surface area contributed by atoms with Crippen molar-refractivity contribution in [3.63, 3.8) is 0 Å². The largest absolute Gasteiger partial charge is 0.298 e. The molecule has 0 spiro atoms. The van der Waals surface area contributed by atoms with E-state index in [1.807, 2.05) is 6.92 Å². The van der Waals surface area contributed by atoms with Crippen molar-refractivity contribution < 1.29 is 4.79 Å². The van der Waals surface area contributed by atoms with Gasteiger partial charge >= 0.3 is 0 Å². The monoisotopic (exact) mass is 205 g/mol. The molecule has 14 heavy (non-hydrogen) atoms. The van der Waals surface area contributed by atoms with Crippen LogP contribution in [0.15, 0.2) is 24.3 Å². The minimum absolute atomic E-state index is 0.616. The van der Waals surface area contributed by atoms with Crippen LogP contribution in [0.2, 0.25) is 5.02 Å². The van der Waals surface area contributed by atoms with Gasteiger partial charge in [-0.3, -0.25) is 9.78 Å². The predicted molar refractivity (Wildman–Crippen MR) is 56.9 cm³/mol. The van der Waals surface area contributed by atoms with Crippen molar-refractivity contribution in [3.8, 4) is 0 Å². The number of hydrogen-bond acceptors (Lipinski definition) is 2. The maximum Gasteiger partial charge on any atom is 0.150 e. The van der Waals surface area contributed by atoms with Gasteiger partial charge in [-0.1, -0.05) is 11.6 Å². The lowest BCUT2D eigenvalue weighted by molar-refractivity contribution is 0.112. The van der Waals surface area contributed by atoms with Gasteiger partial charge < -0.3 is 0 Å². The lowest BCUT2D eigenvalue weighted by Crippen LogP contribution is -1.86. The molecule has 3 heteroatoms. The van der Waals surface area contributed by atoms with E-state index in [4.69, 9.17) is 11.6 Å². The molecule has 0 atom stereocenters. The van der Waals surface area contributed by atoms with Crippen molar-refractivity contribution in [3.05, 3.63) is 40.5 Å². The zero-order valence-electron chi connectivity index (χ0n) is 7.62. The summed E-state index contributed by atoms with van der Waals surface area (Å²) >= 11 is 6.04. The number of fused-ring (bicyclic) bond motifs is 1. The second-order valence-electron chi connectivity index (χ2n) is 3.14. The van der Waals surface area contributed by atoms with Crippen LogP contribution in [-0.2, 0) is 0 Å². The van der Waals surface area contributed by atoms with Crippen molar-refractivity contribution in [2.24, 2.45) is 0 Å². The molecule has 0 aliphatic heterocycles. The maximum absolute atomic E-state index is 10.6. The highest BCUT2D eigenvalue weighted by Gasteiger charge is 2.02. The van der Waals surface area contributed by atoms with Gasteiger partial charge in [0.05, 0.1) is 10.5 Å². The Morgan fingerprint density at radius 3 is 2.86 bits per heavy atom. The number of pyridine rings is 1. The van der Waals surface area contributed by atoms with Gasteiger partial charge in [0.25, 0.3) is 0 Å². The van der Waals surface area contributed by atoms with E-state index in [1.165, 1.54) is 0 Å². The Labute approximate surface area is 86.5 Å².